The van der Waals surface area contributed by atoms with Gasteiger partial charge in [-0.1, -0.05) is 30.3 Å². The summed E-state index contributed by atoms with van der Waals surface area (Å²) in [4.78, 5) is 26.5. The SMILES string of the molecule is CCOC(=O)[C@H]1C[C@H]1CN(CCCc1ccccc1)C(=O)c1ccoc1. The van der Waals surface area contributed by atoms with Crippen molar-refractivity contribution in [2.24, 2.45) is 11.8 Å². The van der Waals surface area contributed by atoms with Gasteiger partial charge in [0.25, 0.3) is 5.91 Å². The quantitative estimate of drug-likeness (QED) is 0.646. The van der Waals surface area contributed by atoms with Crippen LogP contribution in [-0.4, -0.2) is 36.5 Å². The first-order chi connectivity index (χ1) is 12.7. The second-order valence-electron chi connectivity index (χ2n) is 6.71. The van der Waals surface area contributed by atoms with Gasteiger partial charge in [0.1, 0.15) is 6.26 Å². The molecule has 138 valence electrons. The Bertz CT molecular complexity index is 711. The number of hydrogen-bond donors (Lipinski definition) is 0. The number of aryl methyl sites for hydroxylation is 1. The molecule has 5 heteroatoms. The van der Waals surface area contributed by atoms with E-state index in [9.17, 15) is 9.59 Å². The number of amides is 1. The third-order valence-corrected chi connectivity index (χ3v) is 4.76. The van der Waals surface area contributed by atoms with E-state index in [1.165, 1.54) is 18.1 Å². The Morgan fingerprint density at radius 2 is 2.04 bits per heavy atom. The minimum absolute atomic E-state index is 0.0404. The van der Waals surface area contributed by atoms with Crippen molar-refractivity contribution in [3.8, 4) is 0 Å². The molecular weight excluding hydrogens is 330 g/mol. The van der Waals surface area contributed by atoms with Crippen LogP contribution in [0.4, 0.5) is 0 Å². The van der Waals surface area contributed by atoms with Crippen molar-refractivity contribution in [1.29, 1.82) is 0 Å². The number of furan rings is 1. The Labute approximate surface area is 153 Å². The zero-order chi connectivity index (χ0) is 18.4. The lowest BCUT2D eigenvalue weighted by atomic mass is 10.1. The third-order valence-electron chi connectivity index (χ3n) is 4.76. The molecule has 2 aromatic rings. The molecule has 1 saturated carbocycles. The molecule has 2 atom stereocenters. The highest BCUT2D eigenvalue weighted by Crippen LogP contribution is 2.40. The lowest BCUT2D eigenvalue weighted by Gasteiger charge is -2.22. The summed E-state index contributed by atoms with van der Waals surface area (Å²) in [7, 11) is 0. The molecule has 0 unspecified atom stereocenters. The van der Waals surface area contributed by atoms with Crippen LogP contribution < -0.4 is 0 Å². The van der Waals surface area contributed by atoms with Gasteiger partial charge in [0.05, 0.1) is 24.4 Å². The number of rotatable bonds is 9. The van der Waals surface area contributed by atoms with Crippen LogP contribution in [0.25, 0.3) is 0 Å². The normalized spacial score (nSPS) is 18.3. The highest BCUT2D eigenvalue weighted by Gasteiger charge is 2.45. The number of carbonyl (C=O) groups excluding carboxylic acids is 2. The van der Waals surface area contributed by atoms with Gasteiger partial charge in [-0.3, -0.25) is 9.59 Å². The molecular formula is C21H25NO4. The fourth-order valence-corrected chi connectivity index (χ4v) is 3.23. The van der Waals surface area contributed by atoms with Crippen LogP contribution >= 0.6 is 0 Å². The van der Waals surface area contributed by atoms with Crippen LogP contribution in [0.3, 0.4) is 0 Å². The molecule has 1 aromatic carbocycles. The largest absolute Gasteiger partial charge is 0.472 e. The monoisotopic (exact) mass is 355 g/mol. The first-order valence-corrected chi connectivity index (χ1v) is 9.21. The van der Waals surface area contributed by atoms with Crippen LogP contribution in [0.15, 0.2) is 53.3 Å². The maximum Gasteiger partial charge on any atom is 0.309 e. The molecule has 0 aliphatic heterocycles. The second kappa shape index (κ2) is 8.70. The maximum atomic E-state index is 12.8. The summed E-state index contributed by atoms with van der Waals surface area (Å²) in [5, 5.41) is 0. The summed E-state index contributed by atoms with van der Waals surface area (Å²) in [6, 6.07) is 11.9. The lowest BCUT2D eigenvalue weighted by Crippen LogP contribution is -2.34. The summed E-state index contributed by atoms with van der Waals surface area (Å²) in [5.41, 5.74) is 1.82. The van der Waals surface area contributed by atoms with Gasteiger partial charge in [-0.15, -0.1) is 0 Å². The Kier molecular flexibility index (Phi) is 6.10. The topological polar surface area (TPSA) is 59.8 Å². The molecule has 3 rings (SSSR count). The number of carbonyl (C=O) groups is 2. The Morgan fingerprint density at radius 3 is 2.73 bits per heavy atom. The highest BCUT2D eigenvalue weighted by atomic mass is 16.5. The van der Waals surface area contributed by atoms with Gasteiger partial charge in [-0.05, 0) is 43.7 Å². The van der Waals surface area contributed by atoms with E-state index in [1.54, 1.807) is 6.07 Å². The van der Waals surface area contributed by atoms with Crippen LogP contribution in [0.2, 0.25) is 0 Å². The summed E-state index contributed by atoms with van der Waals surface area (Å²) >= 11 is 0. The minimum Gasteiger partial charge on any atom is -0.472 e. The summed E-state index contributed by atoms with van der Waals surface area (Å²) in [5.74, 6) is -0.0517. The Balaban J connectivity index is 1.57. The number of ether oxygens (including phenoxy) is 1. The fraction of sp³-hybridized carbons (Fsp3) is 0.429. The molecule has 26 heavy (non-hydrogen) atoms. The summed E-state index contributed by atoms with van der Waals surface area (Å²) < 4.78 is 10.1. The predicted molar refractivity (Wildman–Crippen MR) is 97.6 cm³/mol. The van der Waals surface area contributed by atoms with Crippen molar-refractivity contribution in [2.75, 3.05) is 19.7 Å². The molecule has 5 nitrogen and oxygen atoms in total. The summed E-state index contributed by atoms with van der Waals surface area (Å²) in [6.45, 7) is 3.46. The van der Waals surface area contributed by atoms with E-state index >= 15 is 0 Å². The van der Waals surface area contributed by atoms with E-state index in [2.05, 4.69) is 12.1 Å². The van der Waals surface area contributed by atoms with Crippen molar-refractivity contribution < 1.29 is 18.7 Å². The Hall–Kier alpha value is -2.56. The minimum atomic E-state index is -0.141. The van der Waals surface area contributed by atoms with Gasteiger partial charge < -0.3 is 14.1 Å². The van der Waals surface area contributed by atoms with Gasteiger partial charge in [0.15, 0.2) is 0 Å². The predicted octanol–water partition coefficient (Wildman–Crippen LogP) is 3.55. The van der Waals surface area contributed by atoms with Gasteiger partial charge in [-0.25, -0.2) is 0 Å². The van der Waals surface area contributed by atoms with E-state index in [0.29, 0.717) is 25.3 Å². The first-order valence-electron chi connectivity index (χ1n) is 9.21. The van der Waals surface area contributed by atoms with Crippen LogP contribution in [-0.2, 0) is 16.0 Å². The van der Waals surface area contributed by atoms with Crippen molar-refractivity contribution in [1.82, 2.24) is 4.90 Å². The van der Waals surface area contributed by atoms with Gasteiger partial charge in [0, 0.05) is 13.1 Å². The zero-order valence-corrected chi connectivity index (χ0v) is 15.1. The van der Waals surface area contributed by atoms with E-state index in [1.807, 2.05) is 30.0 Å². The number of nitrogens with zero attached hydrogens (tertiary/aromatic N) is 1. The summed E-state index contributed by atoms with van der Waals surface area (Å²) in [6.07, 6.45) is 5.58. The average molecular weight is 355 g/mol. The zero-order valence-electron chi connectivity index (χ0n) is 15.1. The van der Waals surface area contributed by atoms with Gasteiger partial charge in [-0.2, -0.15) is 0 Å². The molecule has 1 heterocycles. The molecule has 1 amide bonds. The molecule has 0 radical (unpaired) electrons. The van der Waals surface area contributed by atoms with E-state index in [-0.39, 0.29) is 23.7 Å². The van der Waals surface area contributed by atoms with Crippen molar-refractivity contribution >= 4 is 11.9 Å². The molecule has 1 aliphatic rings. The van der Waals surface area contributed by atoms with E-state index in [4.69, 9.17) is 9.15 Å². The fourth-order valence-electron chi connectivity index (χ4n) is 3.23. The molecule has 0 bridgehead atoms. The third kappa shape index (κ3) is 4.75. The van der Waals surface area contributed by atoms with Crippen LogP contribution in [0.5, 0.6) is 0 Å². The first kappa shape index (κ1) is 18.2. The van der Waals surface area contributed by atoms with Crippen molar-refractivity contribution in [2.45, 2.75) is 26.2 Å². The smallest absolute Gasteiger partial charge is 0.309 e. The number of benzene rings is 1. The van der Waals surface area contributed by atoms with Crippen molar-refractivity contribution in [3.05, 3.63) is 60.1 Å². The van der Waals surface area contributed by atoms with Crippen molar-refractivity contribution in [3.63, 3.8) is 0 Å². The molecule has 1 aliphatic carbocycles. The van der Waals surface area contributed by atoms with Gasteiger partial charge >= 0.3 is 5.97 Å². The molecule has 0 saturated heterocycles. The van der Waals surface area contributed by atoms with Gasteiger partial charge in [0.2, 0.25) is 0 Å². The number of hydrogen-bond acceptors (Lipinski definition) is 4. The Morgan fingerprint density at radius 1 is 1.23 bits per heavy atom. The molecule has 1 aromatic heterocycles. The maximum absolute atomic E-state index is 12.8. The number of esters is 1. The van der Waals surface area contributed by atoms with E-state index in [0.717, 1.165) is 19.3 Å². The lowest BCUT2D eigenvalue weighted by molar-refractivity contribution is -0.145. The van der Waals surface area contributed by atoms with E-state index < -0.39 is 0 Å². The molecule has 0 N–H and O–H groups in total. The highest BCUT2D eigenvalue weighted by molar-refractivity contribution is 5.93. The van der Waals surface area contributed by atoms with Crippen LogP contribution in [0, 0.1) is 11.8 Å². The standard InChI is InChI=1S/C21H25NO4/c1-2-26-21(24)19-13-18(19)14-22(20(23)17-10-12-25-15-17)11-6-9-16-7-4-3-5-8-16/h3-5,7-8,10,12,15,18-19H,2,6,9,11,13-14H2,1H3/t18-,19-/m0/s1. The molecule has 1 fully saturated rings. The molecule has 0 spiro atoms. The van der Waals surface area contributed by atoms with Crippen LogP contribution in [0.1, 0.15) is 35.7 Å². The average Bonchev–Trinajstić information content (AvgIpc) is 3.21. The second-order valence-corrected chi connectivity index (χ2v) is 6.71.